The normalized spacial score (nSPS) is 20.8. The predicted molar refractivity (Wildman–Crippen MR) is 70.0 cm³/mol. The quantitative estimate of drug-likeness (QED) is 0.853. The summed E-state index contributed by atoms with van der Waals surface area (Å²) in [5.74, 6) is 0. The van der Waals surface area contributed by atoms with Crippen LogP contribution in [-0.2, 0) is 19.5 Å². The zero-order valence-corrected chi connectivity index (χ0v) is 11.2. The van der Waals surface area contributed by atoms with Crippen LogP contribution in [0.5, 0.6) is 0 Å². The van der Waals surface area contributed by atoms with E-state index in [1.165, 1.54) is 5.69 Å². The molecule has 1 atom stereocenters. The number of piperazine rings is 1. The van der Waals surface area contributed by atoms with E-state index < -0.39 is 0 Å². The molecule has 0 radical (unpaired) electrons. The molecule has 1 aromatic heterocycles. The number of hydrogen-bond donors (Lipinski definition) is 1. The third kappa shape index (κ3) is 2.71. The van der Waals surface area contributed by atoms with Crippen molar-refractivity contribution in [3.63, 3.8) is 0 Å². The second-order valence-electron chi connectivity index (χ2n) is 4.62. The van der Waals surface area contributed by atoms with Gasteiger partial charge in [0.15, 0.2) is 0 Å². The third-order valence-corrected chi connectivity index (χ3v) is 3.44. The number of aryl methyl sites for hydroxylation is 2. The zero-order chi connectivity index (χ0) is 13.0. The van der Waals surface area contributed by atoms with Crippen molar-refractivity contribution in [2.45, 2.75) is 39.4 Å². The van der Waals surface area contributed by atoms with Gasteiger partial charge in [-0.2, -0.15) is 10.4 Å². The van der Waals surface area contributed by atoms with Gasteiger partial charge in [0.1, 0.15) is 6.04 Å². The van der Waals surface area contributed by atoms with Crippen molar-refractivity contribution in [3.05, 3.63) is 17.5 Å². The third-order valence-electron chi connectivity index (χ3n) is 3.44. The summed E-state index contributed by atoms with van der Waals surface area (Å²) >= 11 is 0. The van der Waals surface area contributed by atoms with E-state index in [0.717, 1.165) is 44.8 Å². The van der Waals surface area contributed by atoms with Gasteiger partial charge in [0, 0.05) is 32.7 Å². The highest BCUT2D eigenvalue weighted by atomic mass is 15.3. The highest BCUT2D eigenvalue weighted by molar-refractivity contribution is 5.11. The van der Waals surface area contributed by atoms with Crippen molar-refractivity contribution in [3.8, 4) is 6.07 Å². The van der Waals surface area contributed by atoms with Crippen LogP contribution in [0.25, 0.3) is 0 Å². The minimum atomic E-state index is -0.0240. The van der Waals surface area contributed by atoms with Crippen molar-refractivity contribution in [2.75, 3.05) is 19.6 Å². The first-order chi connectivity index (χ1) is 8.78. The smallest absolute Gasteiger partial charge is 0.111 e. The molecule has 1 fully saturated rings. The molecular formula is C13H21N5. The van der Waals surface area contributed by atoms with Gasteiger partial charge < -0.3 is 5.32 Å². The minimum Gasteiger partial charge on any atom is -0.313 e. The molecule has 0 amide bonds. The summed E-state index contributed by atoms with van der Waals surface area (Å²) in [6.45, 7) is 8.58. The first-order valence-corrected chi connectivity index (χ1v) is 6.68. The Morgan fingerprint density at radius 1 is 1.56 bits per heavy atom. The molecule has 5 nitrogen and oxygen atoms in total. The first kappa shape index (κ1) is 13.1. The van der Waals surface area contributed by atoms with Crippen LogP contribution in [0.15, 0.2) is 6.07 Å². The summed E-state index contributed by atoms with van der Waals surface area (Å²) in [7, 11) is 0. The number of rotatable bonds is 4. The van der Waals surface area contributed by atoms with Crippen molar-refractivity contribution in [2.24, 2.45) is 0 Å². The Labute approximate surface area is 108 Å². The first-order valence-electron chi connectivity index (χ1n) is 6.68. The van der Waals surface area contributed by atoms with Gasteiger partial charge in [-0.25, -0.2) is 0 Å². The molecule has 5 heteroatoms. The maximum Gasteiger partial charge on any atom is 0.111 e. The van der Waals surface area contributed by atoms with Crippen LogP contribution < -0.4 is 5.32 Å². The molecule has 18 heavy (non-hydrogen) atoms. The Morgan fingerprint density at radius 2 is 2.39 bits per heavy atom. The second-order valence-corrected chi connectivity index (χ2v) is 4.62. The van der Waals surface area contributed by atoms with Gasteiger partial charge in [-0.15, -0.1) is 0 Å². The van der Waals surface area contributed by atoms with E-state index in [1.807, 2.05) is 0 Å². The van der Waals surface area contributed by atoms with Crippen LogP contribution in [0.1, 0.15) is 25.2 Å². The lowest BCUT2D eigenvalue weighted by Gasteiger charge is -2.31. The highest BCUT2D eigenvalue weighted by Gasteiger charge is 2.22. The van der Waals surface area contributed by atoms with Gasteiger partial charge in [-0.1, -0.05) is 6.92 Å². The maximum absolute atomic E-state index is 9.16. The van der Waals surface area contributed by atoms with Gasteiger partial charge >= 0.3 is 0 Å². The number of nitrogens with zero attached hydrogens (tertiary/aromatic N) is 4. The van der Waals surface area contributed by atoms with E-state index in [9.17, 15) is 0 Å². The largest absolute Gasteiger partial charge is 0.313 e. The van der Waals surface area contributed by atoms with Crippen LogP contribution in [0.4, 0.5) is 0 Å². The summed E-state index contributed by atoms with van der Waals surface area (Å²) < 4.78 is 2.05. The standard InChI is InChI=1S/C13H21N5/c1-3-11-7-12(18(4-2)16-11)10-17-6-5-15-9-13(17)8-14/h7,13,15H,3-6,9-10H2,1-2H3. The lowest BCUT2D eigenvalue weighted by atomic mass is 10.2. The lowest BCUT2D eigenvalue weighted by molar-refractivity contribution is 0.184. The second kappa shape index (κ2) is 5.98. The SMILES string of the molecule is CCc1cc(CN2CCNCC2C#N)n(CC)n1. The van der Waals surface area contributed by atoms with Crippen LogP contribution in [0.3, 0.4) is 0 Å². The van der Waals surface area contributed by atoms with Crippen molar-refractivity contribution in [1.82, 2.24) is 20.0 Å². The molecule has 0 aliphatic carbocycles. The van der Waals surface area contributed by atoms with Gasteiger partial charge in [-0.3, -0.25) is 9.58 Å². The molecular weight excluding hydrogens is 226 g/mol. The van der Waals surface area contributed by atoms with E-state index in [4.69, 9.17) is 5.26 Å². The molecule has 0 aromatic carbocycles. The monoisotopic (exact) mass is 247 g/mol. The molecule has 2 heterocycles. The zero-order valence-electron chi connectivity index (χ0n) is 11.2. The Morgan fingerprint density at radius 3 is 3.06 bits per heavy atom. The molecule has 2 rings (SSSR count). The summed E-state index contributed by atoms with van der Waals surface area (Å²) in [6, 6.07) is 4.51. The molecule has 1 aromatic rings. The van der Waals surface area contributed by atoms with Gasteiger partial charge in [0.05, 0.1) is 17.5 Å². The van der Waals surface area contributed by atoms with Crippen LogP contribution in [0, 0.1) is 11.3 Å². The van der Waals surface area contributed by atoms with E-state index in [0.29, 0.717) is 0 Å². The lowest BCUT2D eigenvalue weighted by Crippen LogP contribution is -2.50. The number of nitriles is 1. The summed E-state index contributed by atoms with van der Waals surface area (Å²) in [4.78, 5) is 2.24. The van der Waals surface area contributed by atoms with Crippen LogP contribution in [0.2, 0.25) is 0 Å². The topological polar surface area (TPSA) is 56.9 Å². The van der Waals surface area contributed by atoms with Crippen molar-refractivity contribution in [1.29, 1.82) is 5.26 Å². The molecule has 0 spiro atoms. The Hall–Kier alpha value is -1.38. The maximum atomic E-state index is 9.16. The molecule has 1 aliphatic heterocycles. The molecule has 98 valence electrons. The fraction of sp³-hybridized carbons (Fsp3) is 0.692. The molecule has 0 bridgehead atoms. The van der Waals surface area contributed by atoms with Crippen molar-refractivity contribution >= 4 is 0 Å². The molecule has 1 unspecified atom stereocenters. The molecule has 1 N–H and O–H groups in total. The van der Waals surface area contributed by atoms with E-state index >= 15 is 0 Å². The van der Waals surface area contributed by atoms with E-state index in [-0.39, 0.29) is 6.04 Å². The van der Waals surface area contributed by atoms with Crippen molar-refractivity contribution < 1.29 is 0 Å². The Bertz CT molecular complexity index is 431. The van der Waals surface area contributed by atoms with Gasteiger partial charge in [0.25, 0.3) is 0 Å². The van der Waals surface area contributed by atoms with Crippen LogP contribution in [-0.4, -0.2) is 40.4 Å². The average Bonchev–Trinajstić information content (AvgIpc) is 2.81. The summed E-state index contributed by atoms with van der Waals surface area (Å²) in [6.07, 6.45) is 0.962. The molecule has 1 aliphatic rings. The number of hydrogen-bond acceptors (Lipinski definition) is 4. The van der Waals surface area contributed by atoms with E-state index in [2.05, 4.69) is 46.0 Å². The fourth-order valence-corrected chi connectivity index (χ4v) is 2.36. The Kier molecular flexibility index (Phi) is 4.34. The Balaban J connectivity index is 2.12. The fourth-order valence-electron chi connectivity index (χ4n) is 2.36. The van der Waals surface area contributed by atoms with E-state index in [1.54, 1.807) is 0 Å². The van der Waals surface area contributed by atoms with Crippen LogP contribution >= 0.6 is 0 Å². The van der Waals surface area contributed by atoms with Gasteiger partial charge in [-0.05, 0) is 19.4 Å². The predicted octanol–water partition coefficient (Wildman–Crippen LogP) is 0.763. The summed E-state index contributed by atoms with van der Waals surface area (Å²) in [5, 5.41) is 17.0. The minimum absolute atomic E-state index is 0.0240. The summed E-state index contributed by atoms with van der Waals surface area (Å²) in [5.41, 5.74) is 2.35. The molecule has 1 saturated heterocycles. The number of nitrogens with one attached hydrogen (secondary N) is 1. The average molecular weight is 247 g/mol. The van der Waals surface area contributed by atoms with Gasteiger partial charge in [0.2, 0.25) is 0 Å². The number of aromatic nitrogens is 2. The molecule has 0 saturated carbocycles. The highest BCUT2D eigenvalue weighted by Crippen LogP contribution is 2.12.